The van der Waals surface area contributed by atoms with E-state index in [0.29, 0.717) is 0 Å². The van der Waals surface area contributed by atoms with Crippen LogP contribution in [0.2, 0.25) is 0 Å². The molecule has 3 nitrogen and oxygen atoms in total. The van der Waals surface area contributed by atoms with Crippen LogP contribution in [-0.4, -0.2) is 29.2 Å². The maximum atomic E-state index is 13.2. The van der Waals surface area contributed by atoms with Crippen LogP contribution in [0.3, 0.4) is 0 Å². The number of hydrogen-bond acceptors (Lipinski definition) is 3. The molecule has 0 spiro atoms. The molecule has 0 bridgehead atoms. The molecule has 0 saturated heterocycles. The number of carbonyl (C=O) groups excluding carboxylic acids is 1. The Morgan fingerprint density at radius 2 is 1.43 bits per heavy atom. The van der Waals surface area contributed by atoms with Crippen LogP contribution in [0, 0.1) is 10.8 Å². The predicted octanol–water partition coefficient (Wildman–Crippen LogP) is 7.69. The monoisotopic (exact) mass is 422 g/mol. The van der Waals surface area contributed by atoms with Gasteiger partial charge in [0, 0.05) is 10.8 Å². The molecule has 0 aliphatic rings. The van der Waals surface area contributed by atoms with Crippen molar-refractivity contribution in [3.8, 4) is 0 Å². The molecule has 0 aromatic carbocycles. The third-order valence-electron chi connectivity index (χ3n) is 6.17. The smallest absolute Gasteiger partial charge is 0.166 e. The lowest BCUT2D eigenvalue weighted by atomic mass is 9.70. The highest BCUT2D eigenvalue weighted by atomic mass is 16.5. The van der Waals surface area contributed by atoms with Gasteiger partial charge in [-0.3, -0.25) is 4.79 Å². The predicted molar refractivity (Wildman–Crippen MR) is 130 cm³/mol. The summed E-state index contributed by atoms with van der Waals surface area (Å²) in [5, 5.41) is 0. The van der Waals surface area contributed by atoms with E-state index in [0.717, 1.165) is 37.7 Å². The SMILES string of the molecule is C=CCCCCCC(OC(C)(C)C(C)(C)C(=C)C(C)OC(C)(C)C)C(=O)C(C)(C)C. The van der Waals surface area contributed by atoms with Gasteiger partial charge in [0.15, 0.2) is 5.78 Å². The fourth-order valence-corrected chi connectivity index (χ4v) is 3.52. The topological polar surface area (TPSA) is 35.5 Å². The van der Waals surface area contributed by atoms with Gasteiger partial charge in [-0.05, 0) is 66.4 Å². The molecule has 30 heavy (non-hydrogen) atoms. The third-order valence-corrected chi connectivity index (χ3v) is 6.17. The van der Waals surface area contributed by atoms with Gasteiger partial charge < -0.3 is 9.47 Å². The zero-order chi connectivity index (χ0) is 24.0. The summed E-state index contributed by atoms with van der Waals surface area (Å²) in [6.45, 7) is 30.7. The average molecular weight is 423 g/mol. The van der Waals surface area contributed by atoms with E-state index in [-0.39, 0.29) is 22.9 Å². The molecule has 0 heterocycles. The van der Waals surface area contributed by atoms with Crippen LogP contribution in [0.5, 0.6) is 0 Å². The molecule has 0 saturated carbocycles. The summed E-state index contributed by atoms with van der Waals surface area (Å²) in [4.78, 5) is 13.2. The van der Waals surface area contributed by atoms with Crippen LogP contribution in [-0.2, 0) is 14.3 Å². The third kappa shape index (κ3) is 9.06. The number of hydrogen-bond donors (Lipinski definition) is 0. The molecule has 0 rings (SSSR count). The number of unbranched alkanes of at least 4 members (excludes halogenated alkanes) is 3. The number of allylic oxidation sites excluding steroid dienone is 1. The van der Waals surface area contributed by atoms with Gasteiger partial charge in [0.05, 0.1) is 17.3 Å². The van der Waals surface area contributed by atoms with Crippen LogP contribution >= 0.6 is 0 Å². The number of ether oxygens (including phenoxy) is 2. The Morgan fingerprint density at radius 3 is 1.87 bits per heavy atom. The average Bonchev–Trinajstić information content (AvgIpc) is 2.56. The second-order valence-electron chi connectivity index (χ2n) is 11.7. The normalized spacial score (nSPS) is 15.6. The fraction of sp³-hybridized carbons (Fsp3) is 0.815. The van der Waals surface area contributed by atoms with Gasteiger partial charge in [-0.1, -0.05) is 60.1 Å². The summed E-state index contributed by atoms with van der Waals surface area (Å²) in [5.41, 5.74) is -0.663. The summed E-state index contributed by atoms with van der Waals surface area (Å²) in [5.74, 6) is 0.166. The van der Waals surface area contributed by atoms with E-state index in [1.807, 2.05) is 33.8 Å². The Labute approximate surface area is 187 Å². The van der Waals surface area contributed by atoms with Crippen molar-refractivity contribution >= 4 is 5.78 Å². The molecule has 0 radical (unpaired) electrons. The Balaban J connectivity index is 5.51. The van der Waals surface area contributed by atoms with E-state index in [1.165, 1.54) is 0 Å². The maximum absolute atomic E-state index is 13.2. The van der Waals surface area contributed by atoms with E-state index < -0.39 is 17.1 Å². The van der Waals surface area contributed by atoms with E-state index in [9.17, 15) is 4.79 Å². The van der Waals surface area contributed by atoms with Crippen LogP contribution in [0.15, 0.2) is 24.8 Å². The van der Waals surface area contributed by atoms with Crippen molar-refractivity contribution in [1.29, 1.82) is 0 Å². The van der Waals surface area contributed by atoms with E-state index in [2.05, 4.69) is 61.6 Å². The molecule has 0 amide bonds. The molecule has 0 N–H and O–H groups in total. The first-order valence-electron chi connectivity index (χ1n) is 11.6. The molecule has 3 heteroatoms. The number of Topliss-reactive ketones (excluding diaryl/α,β-unsaturated/α-hetero) is 1. The summed E-state index contributed by atoms with van der Waals surface area (Å²) in [6.07, 6.45) is 6.33. The van der Waals surface area contributed by atoms with Crippen molar-refractivity contribution in [3.63, 3.8) is 0 Å². The van der Waals surface area contributed by atoms with E-state index in [4.69, 9.17) is 9.47 Å². The quantitative estimate of drug-likeness (QED) is 0.225. The van der Waals surface area contributed by atoms with Crippen molar-refractivity contribution in [2.75, 3.05) is 0 Å². The molecule has 0 aromatic rings. The first-order chi connectivity index (χ1) is 13.4. The van der Waals surface area contributed by atoms with Crippen molar-refractivity contribution in [1.82, 2.24) is 0 Å². The van der Waals surface area contributed by atoms with Crippen molar-refractivity contribution < 1.29 is 14.3 Å². The summed E-state index contributed by atoms with van der Waals surface area (Å²) in [7, 11) is 0. The minimum absolute atomic E-state index is 0.112. The van der Waals surface area contributed by atoms with Gasteiger partial charge in [-0.2, -0.15) is 0 Å². The summed E-state index contributed by atoms with van der Waals surface area (Å²) in [6, 6.07) is 0. The molecule has 0 aliphatic heterocycles. The Hall–Kier alpha value is -0.930. The molecule has 0 aliphatic carbocycles. The minimum Gasteiger partial charge on any atom is -0.369 e. The number of rotatable bonds is 13. The van der Waals surface area contributed by atoms with E-state index >= 15 is 0 Å². The van der Waals surface area contributed by atoms with Crippen molar-refractivity contribution in [2.45, 2.75) is 132 Å². The zero-order valence-electron chi connectivity index (χ0n) is 21.9. The van der Waals surface area contributed by atoms with Gasteiger partial charge >= 0.3 is 0 Å². The summed E-state index contributed by atoms with van der Waals surface area (Å²) >= 11 is 0. The van der Waals surface area contributed by atoms with Crippen LogP contribution < -0.4 is 0 Å². The minimum atomic E-state index is -0.577. The molecular formula is C27H50O3. The van der Waals surface area contributed by atoms with Gasteiger partial charge in [-0.25, -0.2) is 0 Å². The number of carbonyl (C=O) groups is 1. The van der Waals surface area contributed by atoms with Gasteiger partial charge in [0.1, 0.15) is 6.10 Å². The Bertz CT molecular complexity index is 570. The molecular weight excluding hydrogens is 372 g/mol. The van der Waals surface area contributed by atoms with Gasteiger partial charge in [0.25, 0.3) is 0 Å². The van der Waals surface area contributed by atoms with Crippen molar-refractivity contribution in [2.24, 2.45) is 10.8 Å². The molecule has 2 unspecified atom stereocenters. The summed E-state index contributed by atoms with van der Waals surface area (Å²) < 4.78 is 12.8. The van der Waals surface area contributed by atoms with Crippen molar-refractivity contribution in [3.05, 3.63) is 24.8 Å². The molecule has 176 valence electrons. The highest BCUT2D eigenvalue weighted by molar-refractivity contribution is 5.87. The molecule has 0 aromatic heterocycles. The first-order valence-corrected chi connectivity index (χ1v) is 11.6. The number of ketones is 1. The van der Waals surface area contributed by atoms with Gasteiger partial charge in [-0.15, -0.1) is 6.58 Å². The largest absolute Gasteiger partial charge is 0.369 e. The van der Waals surface area contributed by atoms with E-state index in [1.54, 1.807) is 0 Å². The standard InChI is InChI=1S/C27H50O3/c1-14-15-16-17-18-19-22(23(28)24(4,5)6)30-27(12,13)26(10,11)20(2)21(3)29-25(7,8)9/h14,21-22H,1-2,15-19H2,3-13H3. The maximum Gasteiger partial charge on any atom is 0.166 e. The highest BCUT2D eigenvalue weighted by Gasteiger charge is 2.45. The fourth-order valence-electron chi connectivity index (χ4n) is 3.52. The van der Waals surface area contributed by atoms with Gasteiger partial charge in [0.2, 0.25) is 0 Å². The molecule has 2 atom stereocenters. The lowest BCUT2D eigenvalue weighted by Crippen LogP contribution is -2.50. The Morgan fingerprint density at radius 1 is 0.900 bits per heavy atom. The van der Waals surface area contributed by atoms with Crippen LogP contribution in [0.25, 0.3) is 0 Å². The Kier molecular flexibility index (Phi) is 10.7. The van der Waals surface area contributed by atoms with Crippen LogP contribution in [0.1, 0.15) is 108 Å². The second kappa shape index (κ2) is 11.1. The highest BCUT2D eigenvalue weighted by Crippen LogP contribution is 2.43. The van der Waals surface area contributed by atoms with Crippen LogP contribution in [0.4, 0.5) is 0 Å². The zero-order valence-corrected chi connectivity index (χ0v) is 21.9. The lowest BCUT2D eigenvalue weighted by molar-refractivity contribution is -0.165. The first kappa shape index (κ1) is 29.1. The lowest BCUT2D eigenvalue weighted by Gasteiger charge is -2.47. The molecule has 0 fully saturated rings. The second-order valence-corrected chi connectivity index (χ2v) is 11.7.